The van der Waals surface area contributed by atoms with Crippen molar-refractivity contribution in [3.63, 3.8) is 0 Å². The fourth-order valence-corrected chi connectivity index (χ4v) is 4.22. The molecular weight excluding hydrogens is 297 g/mol. The Morgan fingerprint density at radius 1 is 1.22 bits per heavy atom. The molecule has 1 heterocycles. The molecule has 1 atom stereocenters. The SMILES string of the molecule is O=C(O)CC1CCCN1C(=O)C1(c2ccccc2F)CCCC1. The summed E-state index contributed by atoms with van der Waals surface area (Å²) in [5.74, 6) is -1.30. The number of aliphatic carboxylic acids is 1. The molecule has 0 spiro atoms. The summed E-state index contributed by atoms with van der Waals surface area (Å²) >= 11 is 0. The lowest BCUT2D eigenvalue weighted by Crippen LogP contribution is -2.48. The van der Waals surface area contributed by atoms with E-state index in [-0.39, 0.29) is 24.2 Å². The third kappa shape index (κ3) is 2.84. The Morgan fingerprint density at radius 3 is 2.57 bits per heavy atom. The average molecular weight is 319 g/mol. The molecular formula is C18H22FNO3. The molecule has 1 aliphatic heterocycles. The van der Waals surface area contributed by atoms with E-state index in [1.165, 1.54) is 6.07 Å². The molecule has 124 valence electrons. The van der Waals surface area contributed by atoms with Crippen molar-refractivity contribution in [2.75, 3.05) is 6.54 Å². The van der Waals surface area contributed by atoms with Gasteiger partial charge in [-0.3, -0.25) is 9.59 Å². The normalized spacial score (nSPS) is 23.2. The Bertz CT molecular complexity index is 610. The number of carbonyl (C=O) groups excluding carboxylic acids is 1. The molecule has 0 radical (unpaired) electrons. The van der Waals surface area contributed by atoms with Crippen LogP contribution in [-0.4, -0.2) is 34.5 Å². The second kappa shape index (κ2) is 6.30. The maximum absolute atomic E-state index is 14.4. The van der Waals surface area contributed by atoms with Gasteiger partial charge in [-0.15, -0.1) is 0 Å². The Balaban J connectivity index is 1.94. The van der Waals surface area contributed by atoms with E-state index in [1.807, 2.05) is 0 Å². The predicted octanol–water partition coefficient (Wildman–Crippen LogP) is 3.10. The molecule has 1 unspecified atom stereocenters. The van der Waals surface area contributed by atoms with Crippen LogP contribution in [0.3, 0.4) is 0 Å². The highest BCUT2D eigenvalue weighted by Gasteiger charge is 2.48. The number of carboxylic acids is 1. The Morgan fingerprint density at radius 2 is 1.91 bits per heavy atom. The lowest BCUT2D eigenvalue weighted by Gasteiger charge is -2.35. The smallest absolute Gasteiger partial charge is 0.305 e. The molecule has 1 aromatic carbocycles. The van der Waals surface area contributed by atoms with Crippen molar-refractivity contribution in [3.8, 4) is 0 Å². The average Bonchev–Trinajstić information content (AvgIpc) is 3.16. The van der Waals surface area contributed by atoms with Gasteiger partial charge in [0.05, 0.1) is 11.8 Å². The molecule has 0 bridgehead atoms. The predicted molar refractivity (Wildman–Crippen MR) is 83.5 cm³/mol. The first-order valence-corrected chi connectivity index (χ1v) is 8.32. The standard InChI is InChI=1S/C18H22FNO3/c19-15-8-2-1-7-14(15)18(9-3-4-10-18)17(23)20-11-5-6-13(20)12-16(21)22/h1-2,7-8,13H,3-6,9-12H2,(H,21,22). The van der Waals surface area contributed by atoms with E-state index in [0.29, 0.717) is 31.4 Å². The van der Waals surface area contributed by atoms with Crippen LogP contribution in [-0.2, 0) is 15.0 Å². The third-order valence-corrected chi connectivity index (χ3v) is 5.30. The van der Waals surface area contributed by atoms with Gasteiger partial charge in [-0.25, -0.2) is 4.39 Å². The second-order valence-electron chi connectivity index (χ2n) is 6.66. The van der Waals surface area contributed by atoms with E-state index in [9.17, 15) is 14.0 Å². The third-order valence-electron chi connectivity index (χ3n) is 5.30. The molecule has 2 fully saturated rings. The van der Waals surface area contributed by atoms with Crippen molar-refractivity contribution in [1.29, 1.82) is 0 Å². The molecule has 1 aliphatic carbocycles. The quantitative estimate of drug-likeness (QED) is 0.928. The molecule has 0 aromatic heterocycles. The molecule has 1 amide bonds. The molecule has 4 nitrogen and oxygen atoms in total. The van der Waals surface area contributed by atoms with Gasteiger partial charge in [0.25, 0.3) is 0 Å². The van der Waals surface area contributed by atoms with Crippen LogP contribution in [0.1, 0.15) is 50.5 Å². The van der Waals surface area contributed by atoms with Crippen molar-refractivity contribution < 1.29 is 19.1 Å². The Hall–Kier alpha value is -1.91. The van der Waals surface area contributed by atoms with Crippen molar-refractivity contribution in [2.24, 2.45) is 0 Å². The van der Waals surface area contributed by atoms with Crippen molar-refractivity contribution in [3.05, 3.63) is 35.6 Å². The fourth-order valence-electron chi connectivity index (χ4n) is 4.22. The summed E-state index contributed by atoms with van der Waals surface area (Å²) in [7, 11) is 0. The monoisotopic (exact) mass is 319 g/mol. The van der Waals surface area contributed by atoms with Gasteiger partial charge < -0.3 is 10.0 Å². The zero-order valence-corrected chi connectivity index (χ0v) is 13.1. The Labute approximate surface area is 135 Å². The minimum atomic E-state index is -0.888. The van der Waals surface area contributed by atoms with Crippen LogP contribution in [0.25, 0.3) is 0 Å². The molecule has 1 saturated carbocycles. The summed E-state index contributed by atoms with van der Waals surface area (Å²) in [6, 6.07) is 6.26. The number of hydrogen-bond donors (Lipinski definition) is 1. The topological polar surface area (TPSA) is 57.6 Å². The highest BCUT2D eigenvalue weighted by Crippen LogP contribution is 2.44. The van der Waals surface area contributed by atoms with Gasteiger partial charge >= 0.3 is 5.97 Å². The van der Waals surface area contributed by atoms with Gasteiger partial charge in [-0.1, -0.05) is 31.0 Å². The summed E-state index contributed by atoms with van der Waals surface area (Å²) in [5, 5.41) is 9.07. The van der Waals surface area contributed by atoms with Gasteiger partial charge in [0, 0.05) is 18.2 Å². The minimum absolute atomic E-state index is 0.0287. The van der Waals surface area contributed by atoms with E-state index in [1.54, 1.807) is 23.1 Å². The summed E-state index contributed by atoms with van der Waals surface area (Å²) in [4.78, 5) is 26.0. The highest BCUT2D eigenvalue weighted by atomic mass is 19.1. The largest absolute Gasteiger partial charge is 0.481 e. The zero-order chi connectivity index (χ0) is 16.4. The number of halogens is 1. The van der Waals surface area contributed by atoms with E-state index in [2.05, 4.69) is 0 Å². The van der Waals surface area contributed by atoms with Crippen LogP contribution in [0.5, 0.6) is 0 Å². The number of carbonyl (C=O) groups is 2. The minimum Gasteiger partial charge on any atom is -0.481 e. The second-order valence-corrected chi connectivity index (χ2v) is 6.66. The van der Waals surface area contributed by atoms with Gasteiger partial charge in [0.1, 0.15) is 5.82 Å². The summed E-state index contributed by atoms with van der Waals surface area (Å²) in [6.45, 7) is 0.576. The molecule has 3 rings (SSSR count). The van der Waals surface area contributed by atoms with Crippen LogP contribution in [0, 0.1) is 5.82 Å². The van der Waals surface area contributed by atoms with Gasteiger partial charge in [0.2, 0.25) is 5.91 Å². The molecule has 1 aromatic rings. The number of nitrogens with zero attached hydrogens (tertiary/aromatic N) is 1. The Kier molecular flexibility index (Phi) is 4.37. The van der Waals surface area contributed by atoms with E-state index in [0.717, 1.165) is 19.3 Å². The fraction of sp³-hybridized carbons (Fsp3) is 0.556. The van der Waals surface area contributed by atoms with Crippen LogP contribution >= 0.6 is 0 Å². The number of likely N-dealkylation sites (tertiary alicyclic amines) is 1. The molecule has 1 N–H and O–H groups in total. The van der Waals surface area contributed by atoms with E-state index < -0.39 is 11.4 Å². The van der Waals surface area contributed by atoms with Crippen LogP contribution in [0.4, 0.5) is 4.39 Å². The first kappa shape index (κ1) is 16.0. The lowest BCUT2D eigenvalue weighted by molar-refractivity contribution is -0.142. The van der Waals surface area contributed by atoms with Gasteiger partial charge in [0.15, 0.2) is 0 Å². The summed E-state index contributed by atoms with van der Waals surface area (Å²) < 4.78 is 14.4. The van der Waals surface area contributed by atoms with Gasteiger partial charge in [-0.2, -0.15) is 0 Å². The molecule has 5 heteroatoms. The maximum Gasteiger partial charge on any atom is 0.305 e. The number of hydrogen-bond acceptors (Lipinski definition) is 2. The molecule has 1 saturated heterocycles. The van der Waals surface area contributed by atoms with Crippen LogP contribution < -0.4 is 0 Å². The van der Waals surface area contributed by atoms with Gasteiger partial charge in [-0.05, 0) is 31.7 Å². The number of carboxylic acid groups (broad SMARTS) is 1. The molecule has 23 heavy (non-hydrogen) atoms. The first-order valence-electron chi connectivity index (χ1n) is 8.32. The maximum atomic E-state index is 14.4. The van der Waals surface area contributed by atoms with Crippen LogP contribution in [0.2, 0.25) is 0 Å². The number of benzene rings is 1. The van der Waals surface area contributed by atoms with Crippen molar-refractivity contribution >= 4 is 11.9 Å². The highest BCUT2D eigenvalue weighted by molar-refractivity contribution is 5.89. The van der Waals surface area contributed by atoms with E-state index in [4.69, 9.17) is 5.11 Å². The van der Waals surface area contributed by atoms with Crippen molar-refractivity contribution in [1.82, 2.24) is 4.90 Å². The van der Waals surface area contributed by atoms with Crippen molar-refractivity contribution in [2.45, 2.75) is 56.4 Å². The lowest BCUT2D eigenvalue weighted by atomic mass is 9.77. The zero-order valence-electron chi connectivity index (χ0n) is 13.1. The molecule has 2 aliphatic rings. The summed E-state index contributed by atoms with van der Waals surface area (Å²) in [6.07, 6.45) is 4.59. The first-order chi connectivity index (χ1) is 11.0. The number of rotatable bonds is 4. The van der Waals surface area contributed by atoms with Crippen LogP contribution in [0.15, 0.2) is 24.3 Å². The summed E-state index contributed by atoms with van der Waals surface area (Å²) in [5.41, 5.74) is -0.338. The number of amides is 1. The van der Waals surface area contributed by atoms with E-state index >= 15 is 0 Å².